The molecule has 2 aromatic rings. The van der Waals surface area contributed by atoms with Crippen LogP contribution in [0.15, 0.2) is 39.4 Å². The highest BCUT2D eigenvalue weighted by Crippen LogP contribution is 2.27. The number of furan rings is 1. The van der Waals surface area contributed by atoms with Crippen molar-refractivity contribution in [3.05, 3.63) is 52.4 Å². The monoisotopic (exact) mass is 329 g/mol. The van der Waals surface area contributed by atoms with Crippen LogP contribution in [0.3, 0.4) is 0 Å². The van der Waals surface area contributed by atoms with E-state index < -0.39 is 11.6 Å². The van der Waals surface area contributed by atoms with E-state index in [1.165, 1.54) is 6.07 Å². The maximum atomic E-state index is 13.6. The van der Waals surface area contributed by atoms with Gasteiger partial charge in [0.15, 0.2) is 0 Å². The van der Waals surface area contributed by atoms with Gasteiger partial charge in [-0.1, -0.05) is 0 Å². The van der Waals surface area contributed by atoms with Crippen LogP contribution in [0.5, 0.6) is 0 Å². The Labute approximate surface area is 118 Å². The third-order valence-corrected chi connectivity index (χ3v) is 3.43. The summed E-state index contributed by atoms with van der Waals surface area (Å²) >= 11 is 3.16. The van der Waals surface area contributed by atoms with E-state index in [1.807, 2.05) is 19.1 Å². The highest BCUT2D eigenvalue weighted by molar-refractivity contribution is 9.10. The summed E-state index contributed by atoms with van der Waals surface area (Å²) in [5, 5.41) is 3.04. The lowest BCUT2D eigenvalue weighted by Crippen LogP contribution is -2.17. The van der Waals surface area contributed by atoms with Crippen molar-refractivity contribution >= 4 is 21.6 Å². The molecular weight excluding hydrogens is 316 g/mol. The molecule has 0 saturated carbocycles. The first-order valence-corrected chi connectivity index (χ1v) is 6.79. The van der Waals surface area contributed by atoms with E-state index in [2.05, 4.69) is 21.2 Å². The van der Waals surface area contributed by atoms with Crippen molar-refractivity contribution in [3.63, 3.8) is 0 Å². The van der Waals surface area contributed by atoms with Crippen LogP contribution < -0.4 is 5.32 Å². The number of nitrogens with one attached hydrogen (secondary N) is 1. The maximum Gasteiger partial charge on any atom is 0.150 e. The molecule has 1 aromatic carbocycles. The molecule has 0 bridgehead atoms. The van der Waals surface area contributed by atoms with Gasteiger partial charge in [-0.15, -0.1) is 0 Å². The summed E-state index contributed by atoms with van der Waals surface area (Å²) in [6, 6.07) is 5.89. The fourth-order valence-corrected chi connectivity index (χ4v) is 2.33. The summed E-state index contributed by atoms with van der Waals surface area (Å²) in [6.45, 7) is 1.94. The summed E-state index contributed by atoms with van der Waals surface area (Å²) in [5.41, 5.74) is 0.286. The van der Waals surface area contributed by atoms with E-state index in [1.54, 1.807) is 6.26 Å². The number of halogens is 3. The lowest BCUT2D eigenvalue weighted by atomic mass is 10.1. The number of hydrogen-bond donors (Lipinski definition) is 1. The number of aryl methyl sites for hydroxylation is 1. The highest BCUT2D eigenvalue weighted by Gasteiger charge is 2.12. The van der Waals surface area contributed by atoms with Gasteiger partial charge in [-0.2, -0.15) is 0 Å². The standard InChI is InChI=1S/C14H14BrF2NO/c1-9(4-5-11-3-2-6-19-11)18-14-12(15)7-10(16)8-13(14)17/h2-3,6-9,18H,4-5H2,1H3. The van der Waals surface area contributed by atoms with Gasteiger partial charge in [0.1, 0.15) is 17.4 Å². The van der Waals surface area contributed by atoms with Gasteiger partial charge in [-0.25, -0.2) is 8.78 Å². The molecular formula is C14H14BrF2NO. The predicted molar refractivity (Wildman–Crippen MR) is 74.2 cm³/mol. The van der Waals surface area contributed by atoms with Crippen LogP contribution in [0, 0.1) is 11.6 Å². The third-order valence-electron chi connectivity index (χ3n) is 2.80. The first kappa shape index (κ1) is 14.1. The fourth-order valence-electron chi connectivity index (χ4n) is 1.81. The van der Waals surface area contributed by atoms with Crippen molar-refractivity contribution in [2.24, 2.45) is 0 Å². The fraction of sp³-hybridized carbons (Fsp3) is 0.286. The van der Waals surface area contributed by atoms with Crippen LogP contribution >= 0.6 is 15.9 Å². The average molecular weight is 330 g/mol. The number of hydrogen-bond acceptors (Lipinski definition) is 2. The van der Waals surface area contributed by atoms with Gasteiger partial charge < -0.3 is 9.73 Å². The van der Waals surface area contributed by atoms with Gasteiger partial charge >= 0.3 is 0 Å². The highest BCUT2D eigenvalue weighted by atomic mass is 79.9. The molecule has 0 spiro atoms. The van der Waals surface area contributed by atoms with Crippen LogP contribution in [0.25, 0.3) is 0 Å². The Morgan fingerprint density at radius 1 is 1.37 bits per heavy atom. The summed E-state index contributed by atoms with van der Waals surface area (Å²) in [5.74, 6) is -0.304. The molecule has 102 valence electrons. The number of benzene rings is 1. The van der Waals surface area contributed by atoms with Crippen molar-refractivity contribution in [3.8, 4) is 0 Å². The second-order valence-electron chi connectivity index (χ2n) is 4.41. The normalized spacial score (nSPS) is 12.4. The smallest absolute Gasteiger partial charge is 0.150 e. The zero-order valence-electron chi connectivity index (χ0n) is 10.4. The first-order chi connectivity index (χ1) is 9.06. The molecule has 0 saturated heterocycles. The van der Waals surface area contributed by atoms with Crippen molar-refractivity contribution in [2.45, 2.75) is 25.8 Å². The Balaban J connectivity index is 1.97. The minimum Gasteiger partial charge on any atom is -0.469 e. The van der Waals surface area contributed by atoms with Gasteiger partial charge in [0.05, 0.1) is 12.0 Å². The van der Waals surface area contributed by atoms with E-state index in [0.29, 0.717) is 4.47 Å². The minimum absolute atomic E-state index is 0.0429. The van der Waals surface area contributed by atoms with E-state index >= 15 is 0 Å². The molecule has 0 radical (unpaired) electrons. The topological polar surface area (TPSA) is 25.2 Å². The molecule has 1 heterocycles. The van der Waals surface area contributed by atoms with Gasteiger partial charge in [0, 0.05) is 23.0 Å². The maximum absolute atomic E-state index is 13.6. The van der Waals surface area contributed by atoms with Gasteiger partial charge in [0.25, 0.3) is 0 Å². The summed E-state index contributed by atoms with van der Waals surface area (Å²) in [7, 11) is 0. The molecule has 19 heavy (non-hydrogen) atoms. The lowest BCUT2D eigenvalue weighted by Gasteiger charge is -2.16. The van der Waals surface area contributed by atoms with Crippen molar-refractivity contribution in [1.29, 1.82) is 0 Å². The molecule has 0 amide bonds. The quantitative estimate of drug-likeness (QED) is 0.856. The lowest BCUT2D eigenvalue weighted by molar-refractivity contribution is 0.494. The van der Waals surface area contributed by atoms with Crippen LogP contribution in [-0.2, 0) is 6.42 Å². The van der Waals surface area contributed by atoms with Crippen LogP contribution in [0.2, 0.25) is 0 Å². The Morgan fingerprint density at radius 2 is 2.16 bits per heavy atom. The predicted octanol–water partition coefficient (Wildman–Crippen LogP) is 4.75. The van der Waals surface area contributed by atoms with E-state index in [0.717, 1.165) is 24.7 Å². The summed E-state index contributed by atoms with van der Waals surface area (Å²) < 4.78 is 32.2. The molecule has 2 nitrogen and oxygen atoms in total. The molecule has 1 atom stereocenters. The largest absolute Gasteiger partial charge is 0.469 e. The summed E-state index contributed by atoms with van der Waals surface area (Å²) in [4.78, 5) is 0. The van der Waals surface area contributed by atoms with E-state index in [9.17, 15) is 8.78 Å². The molecule has 1 aromatic heterocycles. The van der Waals surface area contributed by atoms with E-state index in [4.69, 9.17) is 4.42 Å². The molecule has 0 aliphatic heterocycles. The second-order valence-corrected chi connectivity index (χ2v) is 5.26. The molecule has 2 rings (SSSR count). The van der Waals surface area contributed by atoms with Gasteiger partial charge in [0.2, 0.25) is 0 Å². The Hall–Kier alpha value is -1.36. The number of anilines is 1. The zero-order chi connectivity index (χ0) is 13.8. The average Bonchev–Trinajstić information content (AvgIpc) is 2.84. The van der Waals surface area contributed by atoms with E-state index in [-0.39, 0.29) is 11.7 Å². The minimum atomic E-state index is -0.600. The molecule has 5 heteroatoms. The van der Waals surface area contributed by atoms with Crippen LogP contribution in [0.4, 0.5) is 14.5 Å². The number of rotatable bonds is 5. The molecule has 1 N–H and O–H groups in total. The van der Waals surface area contributed by atoms with Gasteiger partial charge in [-0.3, -0.25) is 0 Å². The Kier molecular flexibility index (Phi) is 4.58. The van der Waals surface area contributed by atoms with Crippen LogP contribution in [0.1, 0.15) is 19.1 Å². The molecule has 0 fully saturated rings. The second kappa shape index (κ2) is 6.19. The summed E-state index contributed by atoms with van der Waals surface area (Å²) in [6.07, 6.45) is 3.18. The third kappa shape index (κ3) is 3.80. The van der Waals surface area contributed by atoms with Crippen molar-refractivity contribution in [1.82, 2.24) is 0 Å². The zero-order valence-corrected chi connectivity index (χ0v) is 12.0. The van der Waals surface area contributed by atoms with Crippen molar-refractivity contribution in [2.75, 3.05) is 5.32 Å². The molecule has 0 aliphatic carbocycles. The molecule has 1 unspecified atom stereocenters. The van der Waals surface area contributed by atoms with Crippen LogP contribution in [-0.4, -0.2) is 6.04 Å². The first-order valence-electron chi connectivity index (χ1n) is 5.99. The Bertz CT molecular complexity index is 519. The molecule has 0 aliphatic rings. The van der Waals surface area contributed by atoms with Crippen molar-refractivity contribution < 1.29 is 13.2 Å². The Morgan fingerprint density at radius 3 is 2.79 bits per heavy atom. The van der Waals surface area contributed by atoms with Gasteiger partial charge in [-0.05, 0) is 47.5 Å². The SMILES string of the molecule is CC(CCc1ccco1)Nc1c(F)cc(F)cc1Br.